The summed E-state index contributed by atoms with van der Waals surface area (Å²) < 4.78 is 7.31. The first-order chi connectivity index (χ1) is 9.22. The second-order valence-corrected chi connectivity index (χ2v) is 4.94. The van der Waals surface area contributed by atoms with Gasteiger partial charge in [-0.25, -0.2) is 9.48 Å². The monoisotopic (exact) mass is 267 g/mol. The number of rotatable bonds is 7. The molecular formula is C13H21N3O3. The van der Waals surface area contributed by atoms with Crippen molar-refractivity contribution >= 4 is 5.97 Å². The molecule has 1 atom stereocenters. The standard InChI is InChI=1S/C13H21N3O3/c1-2-5-11-12(13(17)18)14-15-16(11)8-3-6-10-7-4-9-19-10/h10H,2-9H2,1H3,(H,17,18). The average Bonchev–Trinajstić information content (AvgIpc) is 3.00. The van der Waals surface area contributed by atoms with E-state index in [0.29, 0.717) is 12.5 Å². The summed E-state index contributed by atoms with van der Waals surface area (Å²) >= 11 is 0. The van der Waals surface area contributed by atoms with Crippen LogP contribution in [-0.4, -0.2) is 38.8 Å². The van der Waals surface area contributed by atoms with Crippen molar-refractivity contribution in [2.24, 2.45) is 0 Å². The molecule has 1 aromatic heterocycles. The highest BCUT2D eigenvalue weighted by molar-refractivity contribution is 5.86. The van der Waals surface area contributed by atoms with Crippen LogP contribution in [0.1, 0.15) is 55.2 Å². The van der Waals surface area contributed by atoms with Crippen molar-refractivity contribution in [2.45, 2.75) is 58.1 Å². The first-order valence-electron chi connectivity index (χ1n) is 6.99. The fourth-order valence-electron chi connectivity index (χ4n) is 2.50. The molecular weight excluding hydrogens is 246 g/mol. The smallest absolute Gasteiger partial charge is 0.358 e. The predicted molar refractivity (Wildman–Crippen MR) is 69.2 cm³/mol. The zero-order chi connectivity index (χ0) is 13.7. The van der Waals surface area contributed by atoms with E-state index >= 15 is 0 Å². The van der Waals surface area contributed by atoms with Gasteiger partial charge in [0.1, 0.15) is 0 Å². The third kappa shape index (κ3) is 3.53. The van der Waals surface area contributed by atoms with Gasteiger partial charge in [0.25, 0.3) is 0 Å². The highest BCUT2D eigenvalue weighted by atomic mass is 16.5. The fourth-order valence-corrected chi connectivity index (χ4v) is 2.50. The molecule has 1 aromatic rings. The molecule has 19 heavy (non-hydrogen) atoms. The number of aromatic carboxylic acids is 1. The molecule has 6 nitrogen and oxygen atoms in total. The minimum absolute atomic E-state index is 0.0963. The number of aromatic nitrogens is 3. The molecule has 1 aliphatic rings. The molecule has 2 heterocycles. The van der Waals surface area contributed by atoms with Crippen LogP contribution in [-0.2, 0) is 17.7 Å². The maximum absolute atomic E-state index is 11.1. The quantitative estimate of drug-likeness (QED) is 0.816. The summed E-state index contributed by atoms with van der Waals surface area (Å²) in [6.45, 7) is 3.61. The van der Waals surface area contributed by atoms with E-state index < -0.39 is 5.97 Å². The number of carboxylic acid groups (broad SMARTS) is 1. The average molecular weight is 267 g/mol. The van der Waals surface area contributed by atoms with Crippen LogP contribution < -0.4 is 0 Å². The molecule has 0 saturated carbocycles. The molecule has 1 unspecified atom stereocenters. The van der Waals surface area contributed by atoms with E-state index in [9.17, 15) is 4.79 Å². The molecule has 0 radical (unpaired) electrons. The number of hydrogen-bond acceptors (Lipinski definition) is 4. The van der Waals surface area contributed by atoms with E-state index in [-0.39, 0.29) is 5.69 Å². The molecule has 0 aliphatic carbocycles. The van der Waals surface area contributed by atoms with Gasteiger partial charge in [-0.1, -0.05) is 18.6 Å². The molecule has 6 heteroatoms. The van der Waals surface area contributed by atoms with Gasteiger partial charge in [-0.3, -0.25) is 0 Å². The van der Waals surface area contributed by atoms with Gasteiger partial charge in [-0.15, -0.1) is 5.10 Å². The summed E-state index contributed by atoms with van der Waals surface area (Å²) in [6.07, 6.45) is 6.21. The Bertz CT molecular complexity index is 425. The van der Waals surface area contributed by atoms with E-state index in [1.165, 1.54) is 0 Å². The van der Waals surface area contributed by atoms with Crippen LogP contribution >= 0.6 is 0 Å². The lowest BCUT2D eigenvalue weighted by Gasteiger charge is -2.10. The minimum atomic E-state index is -0.992. The second kappa shape index (κ2) is 6.65. The van der Waals surface area contributed by atoms with Crippen molar-refractivity contribution in [3.8, 4) is 0 Å². The molecule has 1 saturated heterocycles. The summed E-state index contributed by atoms with van der Waals surface area (Å²) in [6, 6.07) is 0. The Morgan fingerprint density at radius 1 is 1.58 bits per heavy atom. The first-order valence-corrected chi connectivity index (χ1v) is 6.99. The Hall–Kier alpha value is -1.43. The molecule has 2 rings (SSSR count). The lowest BCUT2D eigenvalue weighted by atomic mass is 10.1. The van der Waals surface area contributed by atoms with Gasteiger partial charge in [0.2, 0.25) is 0 Å². The number of carboxylic acids is 1. The summed E-state index contributed by atoms with van der Waals surface area (Å²) in [5.41, 5.74) is 0.835. The normalized spacial score (nSPS) is 18.9. The summed E-state index contributed by atoms with van der Waals surface area (Å²) in [5, 5.41) is 16.8. The van der Waals surface area contributed by atoms with Crippen LogP contribution in [0.2, 0.25) is 0 Å². The van der Waals surface area contributed by atoms with E-state index in [1.807, 2.05) is 6.92 Å². The predicted octanol–water partition coefficient (Wildman–Crippen LogP) is 1.89. The van der Waals surface area contributed by atoms with Crippen molar-refractivity contribution in [1.82, 2.24) is 15.0 Å². The van der Waals surface area contributed by atoms with Crippen molar-refractivity contribution in [1.29, 1.82) is 0 Å². The largest absolute Gasteiger partial charge is 0.476 e. The topological polar surface area (TPSA) is 77.2 Å². The third-order valence-corrected chi connectivity index (χ3v) is 3.45. The van der Waals surface area contributed by atoms with Crippen LogP contribution in [0.25, 0.3) is 0 Å². The highest BCUT2D eigenvalue weighted by Crippen LogP contribution is 2.18. The van der Waals surface area contributed by atoms with Gasteiger partial charge in [0.05, 0.1) is 11.8 Å². The Morgan fingerprint density at radius 3 is 3.05 bits per heavy atom. The van der Waals surface area contributed by atoms with Gasteiger partial charge in [-0.2, -0.15) is 0 Å². The molecule has 1 N–H and O–H groups in total. The van der Waals surface area contributed by atoms with Crippen molar-refractivity contribution in [3.05, 3.63) is 11.4 Å². The molecule has 0 bridgehead atoms. The third-order valence-electron chi connectivity index (χ3n) is 3.45. The van der Waals surface area contributed by atoms with E-state index in [1.54, 1.807) is 4.68 Å². The van der Waals surface area contributed by atoms with Gasteiger partial charge in [-0.05, 0) is 32.1 Å². The molecule has 106 valence electrons. The van der Waals surface area contributed by atoms with Gasteiger partial charge in [0, 0.05) is 13.2 Å². The van der Waals surface area contributed by atoms with Crippen LogP contribution in [0.4, 0.5) is 0 Å². The van der Waals surface area contributed by atoms with E-state index in [2.05, 4.69) is 10.3 Å². The van der Waals surface area contributed by atoms with Crippen LogP contribution in [0.3, 0.4) is 0 Å². The Balaban J connectivity index is 1.92. The van der Waals surface area contributed by atoms with Crippen molar-refractivity contribution in [2.75, 3.05) is 6.61 Å². The van der Waals surface area contributed by atoms with Gasteiger partial charge < -0.3 is 9.84 Å². The number of ether oxygens (including phenoxy) is 1. The van der Waals surface area contributed by atoms with Crippen LogP contribution in [0.5, 0.6) is 0 Å². The zero-order valence-electron chi connectivity index (χ0n) is 11.3. The van der Waals surface area contributed by atoms with Gasteiger partial charge in [0.15, 0.2) is 5.69 Å². The van der Waals surface area contributed by atoms with Crippen molar-refractivity contribution < 1.29 is 14.6 Å². The molecule has 1 fully saturated rings. The summed E-state index contributed by atoms with van der Waals surface area (Å²) in [5.74, 6) is -0.992. The first kappa shape index (κ1) is 14.0. The fraction of sp³-hybridized carbons (Fsp3) is 0.769. The lowest BCUT2D eigenvalue weighted by molar-refractivity contribution is 0.0689. The SMILES string of the molecule is CCCc1c(C(=O)O)nnn1CCCC1CCCO1. The Kier molecular flexibility index (Phi) is 4.90. The molecule has 0 aromatic carbocycles. The zero-order valence-corrected chi connectivity index (χ0v) is 11.3. The van der Waals surface area contributed by atoms with E-state index in [4.69, 9.17) is 9.84 Å². The van der Waals surface area contributed by atoms with Crippen molar-refractivity contribution in [3.63, 3.8) is 0 Å². The molecule has 0 spiro atoms. The Morgan fingerprint density at radius 2 is 2.42 bits per heavy atom. The Labute approximate surface area is 112 Å². The number of carbonyl (C=O) groups is 1. The number of nitrogens with zero attached hydrogens (tertiary/aromatic N) is 3. The second-order valence-electron chi connectivity index (χ2n) is 4.94. The van der Waals surface area contributed by atoms with Gasteiger partial charge >= 0.3 is 5.97 Å². The minimum Gasteiger partial charge on any atom is -0.476 e. The maximum Gasteiger partial charge on any atom is 0.358 e. The lowest BCUT2D eigenvalue weighted by Crippen LogP contribution is -2.11. The van der Waals surface area contributed by atoms with Crippen LogP contribution in [0.15, 0.2) is 0 Å². The molecule has 0 amide bonds. The number of aryl methyl sites for hydroxylation is 1. The number of hydrogen-bond donors (Lipinski definition) is 1. The van der Waals surface area contributed by atoms with E-state index in [0.717, 1.165) is 50.9 Å². The summed E-state index contributed by atoms with van der Waals surface area (Å²) in [7, 11) is 0. The van der Waals surface area contributed by atoms with Crippen LogP contribution in [0, 0.1) is 0 Å². The molecule has 1 aliphatic heterocycles. The maximum atomic E-state index is 11.1. The highest BCUT2D eigenvalue weighted by Gasteiger charge is 2.19. The summed E-state index contributed by atoms with van der Waals surface area (Å²) in [4.78, 5) is 11.1.